The Kier molecular flexibility index (Phi) is 4.29. The third-order valence-electron chi connectivity index (χ3n) is 2.49. The van der Waals surface area contributed by atoms with Crippen molar-refractivity contribution in [2.75, 3.05) is 26.2 Å². The van der Waals surface area contributed by atoms with E-state index in [2.05, 4.69) is 18.4 Å². The maximum Gasteiger partial charge on any atom is 0.103 e. The molecule has 13 heavy (non-hydrogen) atoms. The zero-order valence-electron chi connectivity index (χ0n) is 8.88. The van der Waals surface area contributed by atoms with E-state index in [9.17, 15) is 0 Å². The van der Waals surface area contributed by atoms with Gasteiger partial charge in [0.25, 0.3) is 0 Å². The summed E-state index contributed by atoms with van der Waals surface area (Å²) in [6, 6.07) is 0. The molecule has 2 nitrogen and oxygen atoms in total. The van der Waals surface area contributed by atoms with Crippen LogP contribution in [0.15, 0.2) is 12.3 Å². The number of piperidine rings is 1. The molecular formula is C11H21NO. The Morgan fingerprint density at radius 3 is 3.00 bits per heavy atom. The molecule has 1 fully saturated rings. The minimum absolute atomic E-state index is 0.738. The molecule has 1 rings (SSSR count). The molecule has 0 amide bonds. The van der Waals surface area contributed by atoms with Crippen molar-refractivity contribution in [2.24, 2.45) is 5.92 Å². The van der Waals surface area contributed by atoms with Gasteiger partial charge in [-0.2, -0.15) is 0 Å². The van der Waals surface area contributed by atoms with E-state index in [-0.39, 0.29) is 0 Å². The van der Waals surface area contributed by atoms with Crippen LogP contribution in [0.3, 0.4) is 0 Å². The summed E-state index contributed by atoms with van der Waals surface area (Å²) in [5, 5.41) is 0. The van der Waals surface area contributed by atoms with Gasteiger partial charge in [0, 0.05) is 6.54 Å². The molecule has 1 aliphatic rings. The first-order valence-electron chi connectivity index (χ1n) is 5.25. The van der Waals surface area contributed by atoms with Crippen molar-refractivity contribution in [1.82, 2.24) is 4.90 Å². The fraction of sp³-hybridized carbons (Fsp3) is 0.818. The van der Waals surface area contributed by atoms with Crippen molar-refractivity contribution < 1.29 is 4.74 Å². The average Bonchev–Trinajstić information content (AvgIpc) is 2.04. The van der Waals surface area contributed by atoms with Gasteiger partial charge < -0.3 is 4.74 Å². The van der Waals surface area contributed by atoms with Gasteiger partial charge in [0.15, 0.2) is 0 Å². The highest BCUT2D eigenvalue weighted by Gasteiger charge is 2.16. The van der Waals surface area contributed by atoms with Crippen molar-refractivity contribution >= 4 is 0 Å². The first-order valence-corrected chi connectivity index (χ1v) is 5.25. The van der Waals surface area contributed by atoms with Crippen molar-refractivity contribution in [3.05, 3.63) is 12.3 Å². The molecule has 1 atom stereocenters. The first kappa shape index (κ1) is 10.6. The molecule has 0 spiro atoms. The third-order valence-corrected chi connectivity index (χ3v) is 2.49. The summed E-state index contributed by atoms with van der Waals surface area (Å²) in [5.41, 5.74) is 0. The van der Waals surface area contributed by atoms with Crippen LogP contribution in [-0.4, -0.2) is 31.1 Å². The molecule has 0 saturated carbocycles. The Bertz CT molecular complexity index is 167. The highest BCUT2D eigenvalue weighted by Crippen LogP contribution is 2.16. The minimum Gasteiger partial charge on any atom is -0.497 e. The summed E-state index contributed by atoms with van der Waals surface area (Å²) in [4.78, 5) is 2.44. The zero-order valence-corrected chi connectivity index (χ0v) is 8.88. The molecule has 0 radical (unpaired) electrons. The maximum atomic E-state index is 5.34. The monoisotopic (exact) mass is 183 g/mol. The summed E-state index contributed by atoms with van der Waals surface area (Å²) in [7, 11) is 0. The van der Waals surface area contributed by atoms with Gasteiger partial charge in [-0.15, -0.1) is 0 Å². The van der Waals surface area contributed by atoms with E-state index in [1.807, 2.05) is 6.92 Å². The lowest BCUT2D eigenvalue weighted by atomic mass is 10.0. The van der Waals surface area contributed by atoms with Crippen molar-refractivity contribution in [3.8, 4) is 0 Å². The molecule has 0 N–H and O–H groups in total. The Hall–Kier alpha value is -0.500. The normalized spacial score (nSPS) is 24.3. The molecule has 0 aromatic carbocycles. The molecule has 1 unspecified atom stereocenters. The standard InChI is InChI=1S/C11H21NO/c1-4-13-11(3)9-12-7-5-6-10(2)8-12/h10H,3-9H2,1-2H3. The van der Waals surface area contributed by atoms with Gasteiger partial charge in [0.2, 0.25) is 0 Å². The lowest BCUT2D eigenvalue weighted by Gasteiger charge is -2.30. The van der Waals surface area contributed by atoms with Gasteiger partial charge in [0.05, 0.1) is 13.2 Å². The molecule has 76 valence electrons. The van der Waals surface area contributed by atoms with Crippen molar-refractivity contribution in [3.63, 3.8) is 0 Å². The largest absolute Gasteiger partial charge is 0.497 e. The van der Waals surface area contributed by atoms with Gasteiger partial charge in [-0.05, 0) is 32.2 Å². The summed E-state index contributed by atoms with van der Waals surface area (Å²) in [6.07, 6.45) is 2.69. The molecular weight excluding hydrogens is 162 g/mol. The number of nitrogens with zero attached hydrogens (tertiary/aromatic N) is 1. The number of rotatable bonds is 4. The molecule has 0 aromatic rings. The Morgan fingerprint density at radius 2 is 2.38 bits per heavy atom. The molecule has 0 bridgehead atoms. The third kappa shape index (κ3) is 3.81. The van der Waals surface area contributed by atoms with Gasteiger partial charge in [-0.25, -0.2) is 0 Å². The fourth-order valence-electron chi connectivity index (χ4n) is 1.93. The topological polar surface area (TPSA) is 12.5 Å². The van der Waals surface area contributed by atoms with E-state index in [0.717, 1.165) is 24.8 Å². The van der Waals surface area contributed by atoms with Crippen LogP contribution in [0.4, 0.5) is 0 Å². The van der Waals surface area contributed by atoms with Crippen LogP contribution in [0.1, 0.15) is 26.7 Å². The van der Waals surface area contributed by atoms with E-state index in [4.69, 9.17) is 4.74 Å². The highest BCUT2D eigenvalue weighted by atomic mass is 16.5. The Morgan fingerprint density at radius 1 is 1.62 bits per heavy atom. The number of likely N-dealkylation sites (tertiary alicyclic amines) is 1. The molecule has 1 saturated heterocycles. The predicted molar refractivity (Wildman–Crippen MR) is 55.6 cm³/mol. The minimum atomic E-state index is 0.738. The summed E-state index contributed by atoms with van der Waals surface area (Å²) >= 11 is 0. The fourth-order valence-corrected chi connectivity index (χ4v) is 1.93. The van der Waals surface area contributed by atoms with Gasteiger partial charge in [-0.1, -0.05) is 13.5 Å². The van der Waals surface area contributed by atoms with E-state index < -0.39 is 0 Å². The second kappa shape index (κ2) is 5.28. The van der Waals surface area contributed by atoms with E-state index in [1.54, 1.807) is 0 Å². The van der Waals surface area contributed by atoms with Crippen LogP contribution < -0.4 is 0 Å². The van der Waals surface area contributed by atoms with Gasteiger partial charge >= 0.3 is 0 Å². The van der Waals surface area contributed by atoms with Crippen LogP contribution in [0.5, 0.6) is 0 Å². The second-order valence-electron chi connectivity index (χ2n) is 3.95. The highest BCUT2D eigenvalue weighted by molar-refractivity contribution is 4.88. The zero-order chi connectivity index (χ0) is 9.68. The molecule has 1 heterocycles. The van der Waals surface area contributed by atoms with Crippen molar-refractivity contribution in [2.45, 2.75) is 26.7 Å². The smallest absolute Gasteiger partial charge is 0.103 e. The van der Waals surface area contributed by atoms with Crippen LogP contribution in [0.2, 0.25) is 0 Å². The molecule has 0 aromatic heterocycles. The van der Waals surface area contributed by atoms with E-state index in [0.29, 0.717) is 0 Å². The van der Waals surface area contributed by atoms with Gasteiger partial charge in [-0.3, -0.25) is 4.90 Å². The first-order chi connectivity index (χ1) is 6.22. The van der Waals surface area contributed by atoms with Crippen LogP contribution in [0, 0.1) is 5.92 Å². The van der Waals surface area contributed by atoms with Crippen LogP contribution >= 0.6 is 0 Å². The van der Waals surface area contributed by atoms with Gasteiger partial charge in [0.1, 0.15) is 5.76 Å². The number of ether oxygens (including phenoxy) is 1. The Labute approximate surface area is 81.6 Å². The maximum absolute atomic E-state index is 5.34. The summed E-state index contributed by atoms with van der Waals surface area (Å²) in [5.74, 6) is 1.75. The summed E-state index contributed by atoms with van der Waals surface area (Å²) in [6.45, 7) is 12.3. The lowest BCUT2D eigenvalue weighted by Crippen LogP contribution is -2.35. The molecule has 2 heteroatoms. The quantitative estimate of drug-likeness (QED) is 0.620. The number of hydrogen-bond acceptors (Lipinski definition) is 2. The molecule has 0 aliphatic carbocycles. The van der Waals surface area contributed by atoms with Crippen molar-refractivity contribution in [1.29, 1.82) is 0 Å². The van der Waals surface area contributed by atoms with Crippen LogP contribution in [-0.2, 0) is 4.74 Å². The second-order valence-corrected chi connectivity index (χ2v) is 3.95. The predicted octanol–water partition coefficient (Wildman–Crippen LogP) is 2.27. The summed E-state index contributed by atoms with van der Waals surface area (Å²) < 4.78 is 5.34. The molecule has 1 aliphatic heterocycles. The van der Waals surface area contributed by atoms with E-state index in [1.165, 1.54) is 25.9 Å². The number of hydrogen-bond donors (Lipinski definition) is 0. The lowest BCUT2D eigenvalue weighted by molar-refractivity contribution is 0.147. The Balaban J connectivity index is 2.23. The average molecular weight is 183 g/mol. The van der Waals surface area contributed by atoms with Crippen LogP contribution in [0.25, 0.3) is 0 Å². The SMILES string of the molecule is C=C(CN1CCCC(C)C1)OCC. The van der Waals surface area contributed by atoms with E-state index >= 15 is 0 Å².